The lowest BCUT2D eigenvalue weighted by Crippen LogP contribution is -2.03. The van der Waals surface area contributed by atoms with E-state index in [1.54, 1.807) is 6.08 Å². The molecule has 0 aliphatic heterocycles. The Kier molecular flexibility index (Phi) is 5.24. The number of hydrogen-bond acceptors (Lipinski definition) is 2. The summed E-state index contributed by atoms with van der Waals surface area (Å²) in [5.41, 5.74) is 3.62. The van der Waals surface area contributed by atoms with Gasteiger partial charge in [-0.3, -0.25) is 0 Å². The summed E-state index contributed by atoms with van der Waals surface area (Å²) in [6.07, 6.45) is 2.83. The summed E-state index contributed by atoms with van der Waals surface area (Å²) < 4.78 is 5.65. The maximum absolute atomic E-state index is 5.65. The lowest BCUT2D eigenvalue weighted by Gasteiger charge is -2.12. The van der Waals surface area contributed by atoms with E-state index in [1.165, 1.54) is 5.56 Å². The Morgan fingerprint density at radius 2 is 1.85 bits per heavy atom. The fraction of sp³-hybridized carbons (Fsp3) is 0.222. The molecule has 2 nitrogen and oxygen atoms in total. The predicted molar refractivity (Wildman–Crippen MR) is 85.3 cm³/mol. The van der Waals surface area contributed by atoms with Crippen LogP contribution >= 0.6 is 0 Å². The summed E-state index contributed by atoms with van der Waals surface area (Å²) in [5, 5.41) is 3.42. The average Bonchev–Trinajstić information content (AvgIpc) is 2.52. The SMILES string of the molecule is C=CCOc1ccccc1CNc1ccc(CC)cc1. The number of aryl methyl sites for hydroxylation is 1. The van der Waals surface area contributed by atoms with Gasteiger partial charge in [0.05, 0.1) is 0 Å². The van der Waals surface area contributed by atoms with Crippen LogP contribution in [0.4, 0.5) is 5.69 Å². The first-order valence-corrected chi connectivity index (χ1v) is 6.98. The first-order chi connectivity index (χ1) is 9.83. The number of nitrogens with one attached hydrogen (secondary N) is 1. The van der Waals surface area contributed by atoms with E-state index < -0.39 is 0 Å². The van der Waals surface area contributed by atoms with Gasteiger partial charge in [0, 0.05) is 17.8 Å². The first kappa shape index (κ1) is 14.2. The van der Waals surface area contributed by atoms with Gasteiger partial charge < -0.3 is 10.1 Å². The lowest BCUT2D eigenvalue weighted by molar-refractivity contribution is 0.359. The Morgan fingerprint density at radius 1 is 1.10 bits per heavy atom. The zero-order chi connectivity index (χ0) is 14.2. The van der Waals surface area contributed by atoms with Crippen molar-refractivity contribution in [1.29, 1.82) is 0 Å². The smallest absolute Gasteiger partial charge is 0.124 e. The molecule has 0 saturated carbocycles. The fourth-order valence-electron chi connectivity index (χ4n) is 1.99. The Balaban J connectivity index is 2.00. The van der Waals surface area contributed by atoms with Gasteiger partial charge in [0.1, 0.15) is 12.4 Å². The van der Waals surface area contributed by atoms with Crippen LogP contribution in [0.1, 0.15) is 18.1 Å². The minimum absolute atomic E-state index is 0.530. The van der Waals surface area contributed by atoms with Gasteiger partial charge in [-0.1, -0.05) is 49.9 Å². The van der Waals surface area contributed by atoms with Crippen LogP contribution in [0.15, 0.2) is 61.2 Å². The maximum Gasteiger partial charge on any atom is 0.124 e. The minimum atomic E-state index is 0.530. The maximum atomic E-state index is 5.65. The highest BCUT2D eigenvalue weighted by Crippen LogP contribution is 2.20. The Bertz CT molecular complexity index is 546. The van der Waals surface area contributed by atoms with Crippen molar-refractivity contribution in [3.8, 4) is 5.75 Å². The van der Waals surface area contributed by atoms with Gasteiger partial charge in [-0.15, -0.1) is 0 Å². The van der Waals surface area contributed by atoms with Crippen LogP contribution in [0.25, 0.3) is 0 Å². The fourth-order valence-corrected chi connectivity index (χ4v) is 1.99. The molecule has 0 saturated heterocycles. The molecule has 2 aromatic rings. The molecule has 20 heavy (non-hydrogen) atoms. The largest absolute Gasteiger partial charge is 0.489 e. The summed E-state index contributed by atoms with van der Waals surface area (Å²) in [7, 11) is 0. The lowest BCUT2D eigenvalue weighted by atomic mass is 10.1. The quantitative estimate of drug-likeness (QED) is 0.749. The molecule has 1 N–H and O–H groups in total. The molecule has 0 aliphatic carbocycles. The van der Waals surface area contributed by atoms with Gasteiger partial charge in [0.25, 0.3) is 0 Å². The molecule has 0 fully saturated rings. The average molecular weight is 267 g/mol. The number of ether oxygens (including phenoxy) is 1. The van der Waals surface area contributed by atoms with E-state index in [4.69, 9.17) is 4.74 Å². The van der Waals surface area contributed by atoms with Crippen LogP contribution in [0.2, 0.25) is 0 Å². The standard InChI is InChI=1S/C18H21NO/c1-3-13-20-18-8-6-5-7-16(18)14-19-17-11-9-15(4-2)10-12-17/h3,5-12,19H,1,4,13-14H2,2H3. The summed E-state index contributed by atoms with van der Waals surface area (Å²) in [4.78, 5) is 0. The van der Waals surface area contributed by atoms with Crippen molar-refractivity contribution in [2.45, 2.75) is 19.9 Å². The van der Waals surface area contributed by atoms with Crippen LogP contribution in [-0.2, 0) is 13.0 Å². The second-order valence-corrected chi connectivity index (χ2v) is 4.61. The van der Waals surface area contributed by atoms with Crippen molar-refractivity contribution in [1.82, 2.24) is 0 Å². The van der Waals surface area contributed by atoms with Crippen LogP contribution in [-0.4, -0.2) is 6.61 Å². The third-order valence-corrected chi connectivity index (χ3v) is 3.17. The van der Waals surface area contributed by atoms with Crippen molar-refractivity contribution in [2.24, 2.45) is 0 Å². The highest BCUT2D eigenvalue weighted by atomic mass is 16.5. The number of benzene rings is 2. The topological polar surface area (TPSA) is 21.3 Å². The van der Waals surface area contributed by atoms with Gasteiger partial charge in [0.2, 0.25) is 0 Å². The van der Waals surface area contributed by atoms with Crippen molar-refractivity contribution in [2.75, 3.05) is 11.9 Å². The zero-order valence-corrected chi connectivity index (χ0v) is 11.9. The van der Waals surface area contributed by atoms with E-state index in [2.05, 4.69) is 49.2 Å². The van der Waals surface area contributed by atoms with Gasteiger partial charge in [-0.25, -0.2) is 0 Å². The molecule has 0 radical (unpaired) electrons. The highest BCUT2D eigenvalue weighted by Gasteiger charge is 2.02. The van der Waals surface area contributed by atoms with E-state index in [-0.39, 0.29) is 0 Å². The predicted octanol–water partition coefficient (Wildman–Crippen LogP) is 4.43. The number of hydrogen-bond donors (Lipinski definition) is 1. The van der Waals surface area contributed by atoms with Crippen molar-refractivity contribution < 1.29 is 4.74 Å². The van der Waals surface area contributed by atoms with Crippen LogP contribution in [0, 0.1) is 0 Å². The van der Waals surface area contributed by atoms with Crippen LogP contribution in [0.3, 0.4) is 0 Å². The Labute approximate surface area is 121 Å². The molecule has 0 aliphatic rings. The number of para-hydroxylation sites is 1. The van der Waals surface area contributed by atoms with Crippen molar-refractivity contribution >= 4 is 5.69 Å². The van der Waals surface area contributed by atoms with E-state index in [0.29, 0.717) is 6.61 Å². The normalized spacial score (nSPS) is 10.1. The molecule has 2 rings (SSSR count). The number of rotatable bonds is 7. The molecule has 0 bridgehead atoms. The molecule has 2 heteroatoms. The second kappa shape index (κ2) is 7.39. The van der Waals surface area contributed by atoms with Crippen LogP contribution < -0.4 is 10.1 Å². The van der Waals surface area contributed by atoms with Crippen molar-refractivity contribution in [3.63, 3.8) is 0 Å². The van der Waals surface area contributed by atoms with E-state index in [0.717, 1.165) is 30.0 Å². The van der Waals surface area contributed by atoms with E-state index in [1.807, 2.05) is 18.2 Å². The summed E-state index contributed by atoms with van der Waals surface area (Å²) in [5.74, 6) is 0.907. The van der Waals surface area contributed by atoms with Gasteiger partial charge >= 0.3 is 0 Å². The van der Waals surface area contributed by atoms with Crippen LogP contribution in [0.5, 0.6) is 5.75 Å². The molecule has 0 atom stereocenters. The molecule has 0 heterocycles. The Morgan fingerprint density at radius 3 is 2.55 bits per heavy atom. The third-order valence-electron chi connectivity index (χ3n) is 3.17. The molecule has 104 valence electrons. The van der Waals surface area contributed by atoms with Gasteiger partial charge in [-0.2, -0.15) is 0 Å². The summed E-state index contributed by atoms with van der Waals surface area (Å²) in [6, 6.07) is 16.6. The number of anilines is 1. The van der Waals surface area contributed by atoms with E-state index >= 15 is 0 Å². The zero-order valence-electron chi connectivity index (χ0n) is 11.9. The molecular formula is C18H21NO. The second-order valence-electron chi connectivity index (χ2n) is 4.61. The monoisotopic (exact) mass is 267 g/mol. The van der Waals surface area contributed by atoms with Gasteiger partial charge in [-0.05, 0) is 30.2 Å². The molecule has 0 spiro atoms. The third kappa shape index (κ3) is 3.89. The first-order valence-electron chi connectivity index (χ1n) is 6.98. The molecule has 0 amide bonds. The molecule has 0 unspecified atom stereocenters. The summed E-state index contributed by atoms with van der Waals surface area (Å²) in [6.45, 7) is 7.12. The molecule has 2 aromatic carbocycles. The summed E-state index contributed by atoms with van der Waals surface area (Å²) >= 11 is 0. The van der Waals surface area contributed by atoms with Gasteiger partial charge in [0.15, 0.2) is 0 Å². The Hall–Kier alpha value is -2.22. The van der Waals surface area contributed by atoms with E-state index in [9.17, 15) is 0 Å². The highest BCUT2D eigenvalue weighted by molar-refractivity contribution is 5.46. The molecule has 0 aromatic heterocycles. The minimum Gasteiger partial charge on any atom is -0.489 e. The molecular weight excluding hydrogens is 246 g/mol. The van der Waals surface area contributed by atoms with Crippen molar-refractivity contribution in [3.05, 3.63) is 72.3 Å².